The van der Waals surface area contributed by atoms with E-state index in [2.05, 4.69) is 91.8 Å². The highest BCUT2D eigenvalue weighted by Gasteiger charge is 2.23. The van der Waals surface area contributed by atoms with Crippen molar-refractivity contribution in [3.05, 3.63) is 95.1 Å². The predicted molar refractivity (Wildman–Crippen MR) is 217 cm³/mol. The summed E-state index contributed by atoms with van der Waals surface area (Å²) in [7, 11) is 3.36. The maximum absolute atomic E-state index is 9.59. The molecule has 0 saturated carbocycles. The lowest BCUT2D eigenvalue weighted by atomic mass is 9.81. The zero-order valence-electron chi connectivity index (χ0n) is 32.0. The van der Waals surface area contributed by atoms with E-state index in [0.29, 0.717) is 12.5 Å². The second kappa shape index (κ2) is 20.4. The number of unbranched alkanes of at least 4 members (excludes halogenated alkanes) is 2. The number of ether oxygens (including phenoxy) is 4. The van der Waals surface area contributed by atoms with Crippen molar-refractivity contribution in [1.29, 1.82) is 0 Å². The first-order valence-corrected chi connectivity index (χ1v) is 18.4. The van der Waals surface area contributed by atoms with Crippen molar-refractivity contribution in [3.63, 3.8) is 0 Å². The molecule has 0 aliphatic rings. The van der Waals surface area contributed by atoms with Crippen molar-refractivity contribution in [2.75, 3.05) is 27.4 Å². The van der Waals surface area contributed by atoms with Gasteiger partial charge in [0.1, 0.15) is 23.0 Å². The Hall–Kier alpha value is -3.67. The van der Waals surface area contributed by atoms with Crippen LogP contribution in [0.2, 0.25) is 0 Å². The molecule has 280 valence electrons. The molecule has 0 bridgehead atoms. The van der Waals surface area contributed by atoms with E-state index in [1.165, 1.54) is 11.1 Å². The molecular weight excluding hydrogens is 656 g/mol. The summed E-state index contributed by atoms with van der Waals surface area (Å²) >= 11 is 6.10. The highest BCUT2D eigenvalue weighted by molar-refractivity contribution is 6.17. The lowest BCUT2D eigenvalue weighted by Crippen LogP contribution is -2.13. The molecule has 0 radical (unpaired) electrons. The van der Waals surface area contributed by atoms with Gasteiger partial charge in [0.05, 0.1) is 34.0 Å². The summed E-state index contributed by atoms with van der Waals surface area (Å²) in [4.78, 5) is 0. The standard InChI is InChI=1S/C22H29ClO2.C22H30O3.CH4/c2*1-6-7-12-25-21-11-9-17(24-5)14-19(21)18-13-16(15-23)8-10-20(18)22(2,3)4;/h8-11,13-14H,6-7,12,15H2,1-5H3;8-11,13-14,23H,6-7,12,15H2,1-5H3;1H4. The van der Waals surface area contributed by atoms with Gasteiger partial charge in [-0.2, -0.15) is 0 Å². The van der Waals surface area contributed by atoms with Gasteiger partial charge in [0.2, 0.25) is 0 Å². The second-order valence-corrected chi connectivity index (χ2v) is 14.9. The number of alkyl halides is 1. The fraction of sp³-hybridized carbons (Fsp3) is 0.467. The molecule has 0 heterocycles. The number of benzene rings is 4. The smallest absolute Gasteiger partial charge is 0.127 e. The number of aliphatic hydroxyl groups is 1. The maximum atomic E-state index is 9.59. The van der Waals surface area contributed by atoms with Crippen molar-refractivity contribution >= 4 is 11.6 Å². The minimum absolute atomic E-state index is 0. The van der Waals surface area contributed by atoms with Crippen molar-refractivity contribution < 1.29 is 24.1 Å². The van der Waals surface area contributed by atoms with Gasteiger partial charge in [-0.1, -0.05) is 99.9 Å². The molecular formula is C45H63ClO5. The van der Waals surface area contributed by atoms with Gasteiger partial charge in [0.25, 0.3) is 0 Å². The molecule has 0 saturated heterocycles. The van der Waals surface area contributed by atoms with Crippen LogP contribution in [0.4, 0.5) is 0 Å². The molecule has 1 N–H and O–H groups in total. The van der Waals surface area contributed by atoms with Crippen molar-refractivity contribution in [2.24, 2.45) is 0 Å². The van der Waals surface area contributed by atoms with Crippen LogP contribution >= 0.6 is 11.6 Å². The lowest BCUT2D eigenvalue weighted by Gasteiger charge is -2.25. The molecule has 0 unspecified atom stereocenters. The minimum Gasteiger partial charge on any atom is -0.497 e. The molecule has 4 aromatic rings. The summed E-state index contributed by atoms with van der Waals surface area (Å²) in [5, 5.41) is 9.59. The monoisotopic (exact) mass is 718 g/mol. The van der Waals surface area contributed by atoms with Crippen LogP contribution < -0.4 is 18.9 Å². The third-order valence-corrected chi connectivity index (χ3v) is 8.89. The Morgan fingerprint density at radius 2 is 0.980 bits per heavy atom. The van der Waals surface area contributed by atoms with E-state index in [1.807, 2.05) is 36.4 Å². The third kappa shape index (κ3) is 12.2. The molecule has 0 aliphatic carbocycles. The number of aliphatic hydroxyl groups excluding tert-OH is 1. The molecule has 4 aromatic carbocycles. The van der Waals surface area contributed by atoms with Gasteiger partial charge >= 0.3 is 0 Å². The van der Waals surface area contributed by atoms with E-state index in [1.54, 1.807) is 14.2 Å². The molecule has 0 atom stereocenters. The zero-order chi connectivity index (χ0) is 36.9. The largest absolute Gasteiger partial charge is 0.497 e. The predicted octanol–water partition coefficient (Wildman–Crippen LogP) is 12.5. The second-order valence-electron chi connectivity index (χ2n) is 14.7. The number of hydrogen-bond donors (Lipinski definition) is 1. The molecule has 0 spiro atoms. The maximum Gasteiger partial charge on any atom is 0.127 e. The summed E-state index contributed by atoms with van der Waals surface area (Å²) < 4.78 is 23.0. The van der Waals surface area contributed by atoms with Gasteiger partial charge in [-0.3, -0.25) is 0 Å². The van der Waals surface area contributed by atoms with Crippen LogP contribution in [0, 0.1) is 0 Å². The first-order valence-electron chi connectivity index (χ1n) is 17.9. The van der Waals surface area contributed by atoms with E-state index in [0.717, 1.165) is 88.7 Å². The Morgan fingerprint density at radius 1 is 0.569 bits per heavy atom. The van der Waals surface area contributed by atoms with Crippen LogP contribution in [-0.2, 0) is 23.3 Å². The van der Waals surface area contributed by atoms with E-state index in [4.69, 9.17) is 30.5 Å². The van der Waals surface area contributed by atoms with Gasteiger partial charge in [-0.25, -0.2) is 0 Å². The first-order chi connectivity index (χ1) is 23.8. The molecule has 51 heavy (non-hydrogen) atoms. The molecule has 4 rings (SSSR count). The lowest BCUT2D eigenvalue weighted by molar-refractivity contribution is 0.282. The fourth-order valence-electron chi connectivity index (χ4n) is 5.72. The Kier molecular flexibility index (Phi) is 17.4. The summed E-state index contributed by atoms with van der Waals surface area (Å²) in [6.07, 6.45) is 4.27. The average Bonchev–Trinajstić information content (AvgIpc) is 3.11. The van der Waals surface area contributed by atoms with Crippen molar-refractivity contribution in [1.82, 2.24) is 0 Å². The van der Waals surface area contributed by atoms with Crippen LogP contribution in [-0.4, -0.2) is 32.5 Å². The van der Waals surface area contributed by atoms with Crippen LogP contribution in [0.1, 0.15) is 111 Å². The van der Waals surface area contributed by atoms with Crippen molar-refractivity contribution in [2.45, 2.75) is 112 Å². The van der Waals surface area contributed by atoms with E-state index < -0.39 is 0 Å². The zero-order valence-corrected chi connectivity index (χ0v) is 32.8. The molecule has 6 heteroatoms. The SMILES string of the molecule is C.CCCCOc1ccc(OC)cc1-c1cc(CCl)ccc1C(C)(C)C.CCCCOc1ccc(OC)cc1-c1cc(CO)ccc1C(C)(C)C. The average molecular weight is 719 g/mol. The van der Waals surface area contributed by atoms with Crippen LogP contribution in [0.25, 0.3) is 22.3 Å². The highest BCUT2D eigenvalue weighted by atomic mass is 35.5. The van der Waals surface area contributed by atoms with Crippen LogP contribution in [0.5, 0.6) is 23.0 Å². The van der Waals surface area contributed by atoms with Gasteiger partial charge in [0.15, 0.2) is 0 Å². The van der Waals surface area contributed by atoms with Gasteiger partial charge < -0.3 is 24.1 Å². The van der Waals surface area contributed by atoms with E-state index >= 15 is 0 Å². The van der Waals surface area contributed by atoms with Crippen molar-refractivity contribution in [3.8, 4) is 45.3 Å². The molecule has 0 aromatic heterocycles. The Morgan fingerprint density at radius 3 is 1.33 bits per heavy atom. The number of methoxy groups -OCH3 is 2. The first kappa shape index (κ1) is 43.5. The summed E-state index contributed by atoms with van der Waals surface area (Å²) in [5.74, 6) is 3.87. The van der Waals surface area contributed by atoms with Crippen LogP contribution in [0.15, 0.2) is 72.8 Å². The number of rotatable bonds is 14. The minimum atomic E-state index is -0.0207. The molecule has 5 nitrogen and oxygen atoms in total. The summed E-state index contributed by atoms with van der Waals surface area (Å²) in [6.45, 7) is 19.0. The van der Waals surface area contributed by atoms with Gasteiger partial charge in [0, 0.05) is 17.0 Å². The quantitative estimate of drug-likeness (QED) is 0.104. The number of halogens is 1. The third-order valence-electron chi connectivity index (χ3n) is 8.59. The topological polar surface area (TPSA) is 57.2 Å². The summed E-state index contributed by atoms with van der Waals surface area (Å²) in [6, 6.07) is 24.6. The summed E-state index contributed by atoms with van der Waals surface area (Å²) in [5.41, 5.74) is 8.81. The normalized spacial score (nSPS) is 11.2. The fourth-order valence-corrected chi connectivity index (χ4v) is 5.88. The highest BCUT2D eigenvalue weighted by Crippen LogP contribution is 2.42. The Balaban J connectivity index is 0.000000347. The van der Waals surface area contributed by atoms with E-state index in [-0.39, 0.29) is 24.9 Å². The molecule has 0 amide bonds. The Bertz CT molecular complexity index is 1520. The van der Waals surface area contributed by atoms with Gasteiger partial charge in [-0.15, -0.1) is 11.6 Å². The van der Waals surface area contributed by atoms with Crippen LogP contribution in [0.3, 0.4) is 0 Å². The molecule has 0 aliphatic heterocycles. The molecule has 0 fully saturated rings. The van der Waals surface area contributed by atoms with Gasteiger partial charge in [-0.05, 0) is 106 Å². The van der Waals surface area contributed by atoms with E-state index in [9.17, 15) is 5.11 Å². The Labute approximate surface area is 314 Å². The number of hydrogen-bond acceptors (Lipinski definition) is 5.